The van der Waals surface area contributed by atoms with Gasteiger partial charge in [-0.2, -0.15) is 5.26 Å². The second-order valence-electron chi connectivity index (χ2n) is 2.17. The molecule has 0 N–H and O–H groups in total. The highest BCUT2D eigenvalue weighted by molar-refractivity contribution is 4.76. The molecule has 2 nitrogen and oxygen atoms in total. The second-order valence-corrected chi connectivity index (χ2v) is 2.17. The van der Waals surface area contributed by atoms with E-state index in [1.54, 1.807) is 6.19 Å². The fourth-order valence-corrected chi connectivity index (χ4v) is 0.494. The van der Waals surface area contributed by atoms with Gasteiger partial charge in [-0.3, -0.25) is 0 Å². The highest BCUT2D eigenvalue weighted by atomic mass is 19.3. The van der Waals surface area contributed by atoms with Gasteiger partial charge in [0.25, 0.3) is 5.92 Å². The first-order chi connectivity index (χ1) is 4.52. The highest BCUT2D eigenvalue weighted by Crippen LogP contribution is 2.17. The molecule has 58 valence electrons. The Hall–Kier alpha value is -0.850. The maximum Gasteiger partial charge on any atom is 0.265 e. The van der Waals surface area contributed by atoms with Crippen molar-refractivity contribution in [2.75, 3.05) is 13.6 Å². The van der Waals surface area contributed by atoms with Gasteiger partial charge in [0.2, 0.25) is 0 Å². The predicted molar refractivity (Wildman–Crippen MR) is 33.5 cm³/mol. The molecular formula is C6H10F2N2. The Morgan fingerprint density at radius 2 is 2.10 bits per heavy atom. The van der Waals surface area contributed by atoms with E-state index in [1.807, 2.05) is 0 Å². The lowest BCUT2D eigenvalue weighted by molar-refractivity contribution is -0.0193. The van der Waals surface area contributed by atoms with Crippen molar-refractivity contribution in [2.45, 2.75) is 19.3 Å². The first-order valence-electron chi connectivity index (χ1n) is 3.00. The van der Waals surface area contributed by atoms with E-state index < -0.39 is 12.5 Å². The topological polar surface area (TPSA) is 27.0 Å². The van der Waals surface area contributed by atoms with Crippen molar-refractivity contribution in [1.82, 2.24) is 4.90 Å². The minimum Gasteiger partial charge on any atom is -0.308 e. The number of alkyl halides is 2. The molecule has 0 aliphatic heterocycles. The van der Waals surface area contributed by atoms with Crippen LogP contribution in [0.2, 0.25) is 0 Å². The third-order valence-electron chi connectivity index (χ3n) is 1.16. The molecule has 10 heavy (non-hydrogen) atoms. The Morgan fingerprint density at radius 3 is 2.40 bits per heavy atom. The summed E-state index contributed by atoms with van der Waals surface area (Å²) in [7, 11) is 1.34. The summed E-state index contributed by atoms with van der Waals surface area (Å²) >= 11 is 0. The Labute approximate surface area is 59.0 Å². The van der Waals surface area contributed by atoms with Crippen LogP contribution in [0.1, 0.15) is 13.3 Å². The predicted octanol–water partition coefficient (Wildman–Crippen LogP) is 1.44. The van der Waals surface area contributed by atoms with Gasteiger partial charge in [-0.25, -0.2) is 8.78 Å². The van der Waals surface area contributed by atoms with E-state index in [9.17, 15) is 8.78 Å². The largest absolute Gasteiger partial charge is 0.308 e. The lowest BCUT2D eigenvalue weighted by atomic mass is 10.2. The van der Waals surface area contributed by atoms with Crippen molar-refractivity contribution in [3.63, 3.8) is 0 Å². The minimum absolute atomic E-state index is 0.223. The molecule has 0 radical (unpaired) electrons. The molecule has 0 aliphatic carbocycles. The zero-order valence-electron chi connectivity index (χ0n) is 6.06. The molecule has 0 unspecified atom stereocenters. The molecule has 0 rings (SSSR count). The highest BCUT2D eigenvalue weighted by Gasteiger charge is 2.27. The van der Waals surface area contributed by atoms with Crippen molar-refractivity contribution in [3.05, 3.63) is 0 Å². The van der Waals surface area contributed by atoms with Crippen molar-refractivity contribution in [1.29, 1.82) is 5.26 Å². The van der Waals surface area contributed by atoms with E-state index in [1.165, 1.54) is 14.0 Å². The summed E-state index contributed by atoms with van der Waals surface area (Å²) in [5.41, 5.74) is 0. The zero-order chi connectivity index (χ0) is 8.20. The van der Waals surface area contributed by atoms with Crippen LogP contribution in [0.25, 0.3) is 0 Å². The van der Waals surface area contributed by atoms with Gasteiger partial charge in [-0.1, -0.05) is 6.92 Å². The maximum atomic E-state index is 12.4. The van der Waals surface area contributed by atoms with Crippen LogP contribution in [0.15, 0.2) is 0 Å². The first-order valence-corrected chi connectivity index (χ1v) is 3.00. The van der Waals surface area contributed by atoms with Gasteiger partial charge in [0.1, 0.15) is 0 Å². The summed E-state index contributed by atoms with van der Waals surface area (Å²) in [6.07, 6.45) is 1.39. The summed E-state index contributed by atoms with van der Waals surface area (Å²) < 4.78 is 24.8. The lowest BCUT2D eigenvalue weighted by Gasteiger charge is -2.17. The summed E-state index contributed by atoms with van der Waals surface area (Å²) in [6, 6.07) is 0. The van der Waals surface area contributed by atoms with Crippen LogP contribution in [0.4, 0.5) is 8.78 Å². The van der Waals surface area contributed by atoms with Crippen molar-refractivity contribution in [3.8, 4) is 6.19 Å². The third-order valence-corrected chi connectivity index (χ3v) is 1.16. The van der Waals surface area contributed by atoms with Gasteiger partial charge in [-0.05, 0) is 0 Å². The van der Waals surface area contributed by atoms with E-state index in [0.717, 1.165) is 4.90 Å². The molecule has 0 aliphatic rings. The third kappa shape index (κ3) is 3.23. The summed E-state index contributed by atoms with van der Waals surface area (Å²) in [5, 5.41) is 8.14. The molecule has 4 heteroatoms. The normalized spacial score (nSPS) is 10.7. The van der Waals surface area contributed by atoms with Crippen LogP contribution in [0, 0.1) is 11.5 Å². The molecule has 0 heterocycles. The fourth-order valence-electron chi connectivity index (χ4n) is 0.494. The first kappa shape index (κ1) is 9.15. The van der Waals surface area contributed by atoms with Gasteiger partial charge in [0.15, 0.2) is 6.19 Å². The zero-order valence-corrected chi connectivity index (χ0v) is 6.06. The van der Waals surface area contributed by atoms with Gasteiger partial charge in [-0.15, -0.1) is 0 Å². The molecular weight excluding hydrogens is 138 g/mol. The average molecular weight is 148 g/mol. The van der Waals surface area contributed by atoms with Gasteiger partial charge < -0.3 is 4.90 Å². The van der Waals surface area contributed by atoms with Crippen LogP contribution in [0.3, 0.4) is 0 Å². The molecule has 0 aromatic heterocycles. The molecule has 0 fully saturated rings. The van der Waals surface area contributed by atoms with Gasteiger partial charge in [0.05, 0.1) is 6.54 Å². The fraction of sp³-hybridized carbons (Fsp3) is 0.833. The standard InChI is InChI=1S/C6H10F2N2/c1-3-6(7,8)4-10(2)5-9/h3-4H2,1-2H3. The molecule has 0 bridgehead atoms. The Kier molecular flexibility index (Phi) is 3.07. The molecule has 0 atom stereocenters. The molecule has 0 saturated heterocycles. The molecule has 0 amide bonds. The second kappa shape index (κ2) is 3.35. The summed E-state index contributed by atoms with van der Waals surface area (Å²) in [4.78, 5) is 0.920. The van der Waals surface area contributed by atoms with E-state index >= 15 is 0 Å². The van der Waals surface area contributed by atoms with E-state index in [0.29, 0.717) is 0 Å². The van der Waals surface area contributed by atoms with E-state index in [-0.39, 0.29) is 6.42 Å². The number of nitriles is 1. The SMILES string of the molecule is CCC(F)(F)CN(C)C#N. The summed E-state index contributed by atoms with van der Waals surface area (Å²) in [6.45, 7) is 0.908. The number of hydrogen-bond donors (Lipinski definition) is 0. The summed E-state index contributed by atoms with van der Waals surface area (Å²) in [5.74, 6) is -2.73. The Morgan fingerprint density at radius 1 is 1.60 bits per heavy atom. The Balaban J connectivity index is 3.79. The molecule has 0 aromatic rings. The van der Waals surface area contributed by atoms with E-state index in [4.69, 9.17) is 5.26 Å². The average Bonchev–Trinajstić information content (AvgIpc) is 1.87. The Bertz CT molecular complexity index is 139. The molecule has 0 saturated carbocycles. The smallest absolute Gasteiger partial charge is 0.265 e. The van der Waals surface area contributed by atoms with Gasteiger partial charge in [0, 0.05) is 13.5 Å². The van der Waals surface area contributed by atoms with Crippen LogP contribution in [-0.2, 0) is 0 Å². The van der Waals surface area contributed by atoms with E-state index in [2.05, 4.69) is 0 Å². The maximum absolute atomic E-state index is 12.4. The van der Waals surface area contributed by atoms with Crippen LogP contribution < -0.4 is 0 Å². The number of hydrogen-bond acceptors (Lipinski definition) is 2. The minimum atomic E-state index is -2.73. The number of nitrogens with zero attached hydrogens (tertiary/aromatic N) is 2. The quantitative estimate of drug-likeness (QED) is 0.447. The van der Waals surface area contributed by atoms with Crippen molar-refractivity contribution >= 4 is 0 Å². The van der Waals surface area contributed by atoms with Crippen LogP contribution in [-0.4, -0.2) is 24.4 Å². The molecule has 0 aromatic carbocycles. The van der Waals surface area contributed by atoms with Gasteiger partial charge >= 0.3 is 0 Å². The monoisotopic (exact) mass is 148 g/mol. The number of rotatable bonds is 3. The van der Waals surface area contributed by atoms with Crippen LogP contribution >= 0.6 is 0 Å². The number of halogens is 2. The van der Waals surface area contributed by atoms with Crippen molar-refractivity contribution < 1.29 is 8.78 Å². The van der Waals surface area contributed by atoms with Crippen LogP contribution in [0.5, 0.6) is 0 Å². The van der Waals surface area contributed by atoms with Crippen molar-refractivity contribution in [2.24, 2.45) is 0 Å². The molecule has 0 spiro atoms. The lowest BCUT2D eigenvalue weighted by Crippen LogP contribution is -2.30.